The van der Waals surface area contributed by atoms with E-state index in [1.54, 1.807) is 0 Å². The highest BCUT2D eigenvalue weighted by molar-refractivity contribution is 9.10. The fraction of sp³-hybridized carbons (Fsp3) is 0. The van der Waals surface area contributed by atoms with E-state index >= 15 is 0 Å². The molecule has 0 saturated heterocycles. The van der Waals surface area contributed by atoms with Gasteiger partial charge in [-0.25, -0.2) is 0 Å². The van der Waals surface area contributed by atoms with Crippen molar-refractivity contribution in [2.75, 3.05) is 5.73 Å². The second-order valence-corrected chi connectivity index (χ2v) is 3.10. The first-order valence-corrected chi connectivity index (χ1v) is 3.68. The summed E-state index contributed by atoms with van der Waals surface area (Å²) in [5, 5.41) is 0. The molecular formula is C6H7BrFNS. The predicted molar refractivity (Wildman–Crippen MR) is 48.3 cm³/mol. The van der Waals surface area contributed by atoms with E-state index in [0.717, 1.165) is 9.37 Å². The van der Waals surface area contributed by atoms with Crippen LogP contribution in [0.5, 0.6) is 0 Å². The zero-order valence-electron chi connectivity index (χ0n) is 5.04. The van der Waals surface area contributed by atoms with Gasteiger partial charge in [0.2, 0.25) is 0 Å². The van der Waals surface area contributed by atoms with E-state index in [9.17, 15) is 0 Å². The Morgan fingerprint density at radius 1 is 1.40 bits per heavy atom. The highest BCUT2D eigenvalue weighted by Gasteiger charge is 1.91. The molecule has 1 rings (SSSR count). The number of hydrogen-bond donors (Lipinski definition) is 2. The summed E-state index contributed by atoms with van der Waals surface area (Å²) in [5.74, 6) is 0. The SMILES string of the molecule is F.Nc1ccc(Br)cc1S. The molecular weight excluding hydrogens is 217 g/mol. The number of anilines is 1. The van der Waals surface area contributed by atoms with E-state index in [4.69, 9.17) is 5.73 Å². The van der Waals surface area contributed by atoms with Crippen LogP contribution in [0, 0.1) is 0 Å². The van der Waals surface area contributed by atoms with E-state index in [0.29, 0.717) is 5.69 Å². The third kappa shape index (κ3) is 2.19. The predicted octanol–water partition coefficient (Wildman–Crippen LogP) is 2.47. The first-order chi connectivity index (χ1) is 4.20. The maximum absolute atomic E-state index is 5.49. The van der Waals surface area contributed by atoms with Crippen LogP contribution >= 0.6 is 28.6 Å². The Morgan fingerprint density at radius 3 is 2.40 bits per heavy atom. The van der Waals surface area contributed by atoms with Crippen LogP contribution < -0.4 is 5.73 Å². The van der Waals surface area contributed by atoms with Gasteiger partial charge in [-0.3, -0.25) is 4.70 Å². The van der Waals surface area contributed by atoms with Gasteiger partial charge >= 0.3 is 0 Å². The van der Waals surface area contributed by atoms with E-state index in [2.05, 4.69) is 28.6 Å². The quantitative estimate of drug-likeness (QED) is 0.513. The lowest BCUT2D eigenvalue weighted by Gasteiger charge is -1.96. The fourth-order valence-corrected chi connectivity index (χ4v) is 1.27. The van der Waals surface area contributed by atoms with Crippen LogP contribution in [-0.2, 0) is 0 Å². The minimum atomic E-state index is 0. The number of thiol groups is 1. The van der Waals surface area contributed by atoms with E-state index in [-0.39, 0.29) is 4.70 Å². The van der Waals surface area contributed by atoms with Crippen LogP contribution in [-0.4, -0.2) is 0 Å². The second-order valence-electron chi connectivity index (χ2n) is 1.70. The summed E-state index contributed by atoms with van der Waals surface area (Å²) in [6.07, 6.45) is 0. The molecule has 0 aliphatic carbocycles. The average Bonchev–Trinajstić information content (AvgIpc) is 1.80. The molecule has 0 unspecified atom stereocenters. The molecule has 0 saturated carbocycles. The Hall–Kier alpha value is -0.220. The van der Waals surface area contributed by atoms with Crippen LogP contribution in [0.25, 0.3) is 0 Å². The molecule has 0 radical (unpaired) electrons. The van der Waals surface area contributed by atoms with Crippen molar-refractivity contribution in [3.63, 3.8) is 0 Å². The molecule has 1 nitrogen and oxygen atoms in total. The lowest BCUT2D eigenvalue weighted by molar-refractivity contribution is 1.11. The number of benzene rings is 1. The number of nitrogens with two attached hydrogens (primary N) is 1. The largest absolute Gasteiger partial charge is 0.398 e. The Morgan fingerprint density at radius 2 is 2.00 bits per heavy atom. The van der Waals surface area contributed by atoms with Crippen molar-refractivity contribution >= 4 is 34.2 Å². The lowest BCUT2D eigenvalue weighted by Crippen LogP contribution is -1.84. The molecule has 0 aromatic heterocycles. The Labute approximate surface area is 72.5 Å². The van der Waals surface area contributed by atoms with Gasteiger partial charge in [-0.05, 0) is 18.2 Å². The summed E-state index contributed by atoms with van der Waals surface area (Å²) in [6, 6.07) is 5.56. The van der Waals surface area contributed by atoms with E-state index in [1.165, 1.54) is 0 Å². The summed E-state index contributed by atoms with van der Waals surface area (Å²) < 4.78 is 1.00. The molecule has 0 amide bonds. The van der Waals surface area contributed by atoms with E-state index in [1.807, 2.05) is 18.2 Å². The van der Waals surface area contributed by atoms with Gasteiger partial charge in [-0.2, -0.15) is 0 Å². The number of halogens is 2. The van der Waals surface area contributed by atoms with Crippen LogP contribution in [0.15, 0.2) is 27.6 Å². The van der Waals surface area contributed by atoms with Crippen molar-refractivity contribution in [1.82, 2.24) is 0 Å². The van der Waals surface area contributed by atoms with Gasteiger partial charge in [0.05, 0.1) is 0 Å². The molecule has 10 heavy (non-hydrogen) atoms. The highest BCUT2D eigenvalue weighted by Crippen LogP contribution is 2.20. The van der Waals surface area contributed by atoms with Gasteiger partial charge in [-0.15, -0.1) is 12.6 Å². The first kappa shape index (κ1) is 9.78. The van der Waals surface area contributed by atoms with E-state index < -0.39 is 0 Å². The third-order valence-electron chi connectivity index (χ3n) is 0.992. The number of hydrogen-bond acceptors (Lipinski definition) is 2. The van der Waals surface area contributed by atoms with Crippen LogP contribution in [0.4, 0.5) is 10.4 Å². The third-order valence-corrected chi connectivity index (χ3v) is 1.87. The van der Waals surface area contributed by atoms with Crippen molar-refractivity contribution < 1.29 is 4.70 Å². The summed E-state index contributed by atoms with van der Waals surface area (Å²) in [6.45, 7) is 0. The summed E-state index contributed by atoms with van der Waals surface area (Å²) in [4.78, 5) is 0.810. The van der Waals surface area contributed by atoms with Gasteiger partial charge in [-0.1, -0.05) is 15.9 Å². The van der Waals surface area contributed by atoms with Gasteiger partial charge in [0.1, 0.15) is 0 Å². The highest BCUT2D eigenvalue weighted by atomic mass is 79.9. The monoisotopic (exact) mass is 223 g/mol. The van der Waals surface area contributed by atoms with Gasteiger partial charge in [0.25, 0.3) is 0 Å². The molecule has 0 heterocycles. The van der Waals surface area contributed by atoms with Crippen molar-refractivity contribution in [3.05, 3.63) is 22.7 Å². The first-order valence-electron chi connectivity index (χ1n) is 2.44. The van der Waals surface area contributed by atoms with Gasteiger partial charge in [0.15, 0.2) is 0 Å². The number of rotatable bonds is 0. The Balaban J connectivity index is 0.000000810. The lowest BCUT2D eigenvalue weighted by atomic mass is 10.3. The standard InChI is InChI=1S/C6H6BrNS.FH/c7-4-1-2-5(8)6(9)3-4;/h1-3,9H,8H2;1H. The van der Waals surface area contributed by atoms with Crippen molar-refractivity contribution in [2.45, 2.75) is 4.90 Å². The molecule has 0 aliphatic rings. The maximum atomic E-state index is 5.49. The van der Waals surface area contributed by atoms with Crippen LogP contribution in [0.1, 0.15) is 0 Å². The summed E-state index contributed by atoms with van der Waals surface area (Å²) in [7, 11) is 0. The molecule has 56 valence electrons. The van der Waals surface area contributed by atoms with Crippen LogP contribution in [0.2, 0.25) is 0 Å². The molecule has 1 aromatic rings. The molecule has 1 aromatic carbocycles. The Bertz CT molecular complexity index is 229. The van der Waals surface area contributed by atoms with Crippen molar-refractivity contribution in [3.8, 4) is 0 Å². The molecule has 4 heteroatoms. The zero-order valence-corrected chi connectivity index (χ0v) is 7.52. The molecule has 0 atom stereocenters. The normalized spacial score (nSPS) is 8.60. The average molecular weight is 224 g/mol. The summed E-state index contributed by atoms with van der Waals surface area (Å²) >= 11 is 7.40. The van der Waals surface area contributed by atoms with Gasteiger partial charge < -0.3 is 5.73 Å². The molecule has 2 N–H and O–H groups in total. The molecule has 0 bridgehead atoms. The topological polar surface area (TPSA) is 26.0 Å². The second kappa shape index (κ2) is 3.83. The minimum Gasteiger partial charge on any atom is -0.398 e. The zero-order chi connectivity index (χ0) is 6.85. The Kier molecular flexibility index (Phi) is 3.75. The molecule has 0 aliphatic heterocycles. The van der Waals surface area contributed by atoms with Crippen LogP contribution in [0.3, 0.4) is 0 Å². The van der Waals surface area contributed by atoms with Gasteiger partial charge in [0, 0.05) is 15.1 Å². The molecule has 0 spiro atoms. The van der Waals surface area contributed by atoms with Crippen molar-refractivity contribution in [2.24, 2.45) is 0 Å². The number of nitrogen functional groups attached to an aromatic ring is 1. The smallest absolute Gasteiger partial charge is 0.0450 e. The molecule has 0 fully saturated rings. The summed E-state index contributed by atoms with van der Waals surface area (Å²) in [5.41, 5.74) is 6.20. The fourth-order valence-electron chi connectivity index (χ4n) is 0.517. The van der Waals surface area contributed by atoms with Crippen molar-refractivity contribution in [1.29, 1.82) is 0 Å². The minimum absolute atomic E-state index is 0. The maximum Gasteiger partial charge on any atom is 0.0450 e.